The molecule has 0 radical (unpaired) electrons. The third-order valence-electron chi connectivity index (χ3n) is 3.50. The molecular weight excluding hydrogens is 300 g/mol. The van der Waals surface area contributed by atoms with Crippen LogP contribution in [-0.2, 0) is 20.7 Å². The van der Waals surface area contributed by atoms with Gasteiger partial charge in [-0.2, -0.15) is 0 Å². The molecule has 7 heteroatoms. The van der Waals surface area contributed by atoms with Crippen LogP contribution >= 0.6 is 0 Å². The number of carbonyl (C=O) groups is 2. The Bertz CT molecular complexity index is 636. The molecule has 2 rings (SSSR count). The molecule has 2 N–H and O–H groups in total. The van der Waals surface area contributed by atoms with Gasteiger partial charge in [0.1, 0.15) is 11.5 Å². The van der Waals surface area contributed by atoms with Crippen molar-refractivity contribution in [2.75, 3.05) is 19.2 Å². The maximum Gasteiger partial charge on any atom is 0.319 e. The van der Waals surface area contributed by atoms with E-state index in [2.05, 4.69) is 0 Å². The summed E-state index contributed by atoms with van der Waals surface area (Å²) in [6, 6.07) is 3.34. The summed E-state index contributed by atoms with van der Waals surface area (Å²) in [6.45, 7) is 5.25. The Hall–Kier alpha value is -2.28. The molecule has 0 saturated carbocycles. The van der Waals surface area contributed by atoms with E-state index in [-0.39, 0.29) is 6.42 Å². The van der Waals surface area contributed by atoms with Crippen molar-refractivity contribution < 1.29 is 23.8 Å². The molecule has 7 nitrogen and oxygen atoms in total. The molecule has 1 aliphatic heterocycles. The number of nitrogens with two attached hydrogens (primary N) is 1. The van der Waals surface area contributed by atoms with E-state index in [0.29, 0.717) is 17.2 Å². The predicted octanol–water partition coefficient (Wildman–Crippen LogP) is 1.42. The van der Waals surface area contributed by atoms with Crippen molar-refractivity contribution in [2.45, 2.75) is 32.8 Å². The lowest BCUT2D eigenvalue weighted by Gasteiger charge is -2.32. The number of esters is 1. The highest BCUT2D eigenvalue weighted by Gasteiger charge is 2.39. The van der Waals surface area contributed by atoms with Gasteiger partial charge >= 0.3 is 5.97 Å². The first-order chi connectivity index (χ1) is 10.7. The molecular formula is C16H22N2O5. The lowest BCUT2D eigenvalue weighted by Crippen LogP contribution is -2.49. The summed E-state index contributed by atoms with van der Waals surface area (Å²) in [6.07, 6.45) is 0.205. The predicted molar refractivity (Wildman–Crippen MR) is 84.3 cm³/mol. The first-order valence-corrected chi connectivity index (χ1v) is 7.24. The summed E-state index contributed by atoms with van der Waals surface area (Å²) in [5.74, 6) is 4.80. The van der Waals surface area contributed by atoms with E-state index in [4.69, 9.17) is 20.1 Å². The molecule has 0 aliphatic carbocycles. The SMILES string of the molecule is COc1cc2c(cc1OC)N(N)C(=O)[C@H](C(=O)OC(C)(C)C)C2. The standard InChI is InChI=1S/C16H22N2O5/c1-16(2,3)23-15(20)10-6-9-7-12(21-4)13(22-5)8-11(9)18(17)14(10)19/h7-8,10H,6,17H2,1-5H3/t10-/m1/s1. The number of ether oxygens (including phenoxy) is 3. The molecule has 1 atom stereocenters. The Labute approximate surface area is 135 Å². The smallest absolute Gasteiger partial charge is 0.319 e. The number of rotatable bonds is 3. The highest BCUT2D eigenvalue weighted by molar-refractivity contribution is 6.08. The van der Waals surface area contributed by atoms with Gasteiger partial charge in [0.25, 0.3) is 5.91 Å². The van der Waals surface area contributed by atoms with E-state index in [1.54, 1.807) is 32.9 Å². The van der Waals surface area contributed by atoms with Gasteiger partial charge < -0.3 is 14.2 Å². The van der Waals surface area contributed by atoms with E-state index in [9.17, 15) is 9.59 Å². The molecule has 126 valence electrons. The number of benzene rings is 1. The summed E-state index contributed by atoms with van der Waals surface area (Å²) >= 11 is 0. The van der Waals surface area contributed by atoms with Crippen LogP contribution in [0.2, 0.25) is 0 Å². The Morgan fingerprint density at radius 1 is 1.22 bits per heavy atom. The molecule has 23 heavy (non-hydrogen) atoms. The molecule has 1 aromatic carbocycles. The van der Waals surface area contributed by atoms with Crippen LogP contribution < -0.4 is 20.3 Å². The average Bonchev–Trinajstić information content (AvgIpc) is 2.47. The van der Waals surface area contributed by atoms with Crippen LogP contribution in [0.4, 0.5) is 5.69 Å². The summed E-state index contributed by atoms with van der Waals surface area (Å²) in [7, 11) is 3.02. The van der Waals surface area contributed by atoms with Crippen molar-refractivity contribution in [1.29, 1.82) is 0 Å². The maximum absolute atomic E-state index is 12.4. The number of fused-ring (bicyclic) bond motifs is 1. The van der Waals surface area contributed by atoms with Crippen molar-refractivity contribution in [3.05, 3.63) is 17.7 Å². The number of methoxy groups -OCH3 is 2. The van der Waals surface area contributed by atoms with Crippen LogP contribution in [-0.4, -0.2) is 31.7 Å². The first-order valence-electron chi connectivity index (χ1n) is 7.24. The monoisotopic (exact) mass is 322 g/mol. The van der Waals surface area contributed by atoms with Gasteiger partial charge in [-0.05, 0) is 38.8 Å². The van der Waals surface area contributed by atoms with Gasteiger partial charge in [0.05, 0.1) is 19.9 Å². The zero-order valence-corrected chi connectivity index (χ0v) is 14.0. The van der Waals surface area contributed by atoms with Crippen molar-refractivity contribution in [1.82, 2.24) is 0 Å². The van der Waals surface area contributed by atoms with Crippen LogP contribution in [0.3, 0.4) is 0 Å². The Balaban J connectivity index is 2.38. The van der Waals surface area contributed by atoms with Crippen LogP contribution in [0.5, 0.6) is 11.5 Å². The third kappa shape index (κ3) is 3.39. The number of amides is 1. The summed E-state index contributed by atoms with van der Waals surface area (Å²) in [4.78, 5) is 24.7. The molecule has 0 saturated heterocycles. The van der Waals surface area contributed by atoms with Gasteiger partial charge in [-0.25, -0.2) is 10.9 Å². The minimum Gasteiger partial charge on any atom is -0.493 e. The molecule has 0 fully saturated rings. The second kappa shape index (κ2) is 6.08. The highest BCUT2D eigenvalue weighted by Crippen LogP contribution is 2.38. The quantitative estimate of drug-likeness (QED) is 0.392. The molecule has 0 unspecified atom stereocenters. The molecule has 0 bridgehead atoms. The Morgan fingerprint density at radius 2 is 1.78 bits per heavy atom. The number of hydrogen-bond donors (Lipinski definition) is 1. The molecule has 0 spiro atoms. The van der Waals surface area contributed by atoms with Crippen LogP contribution in [0, 0.1) is 5.92 Å². The lowest BCUT2D eigenvalue weighted by molar-refractivity contribution is -0.162. The summed E-state index contributed by atoms with van der Waals surface area (Å²) in [5.41, 5.74) is 0.544. The van der Waals surface area contributed by atoms with E-state index in [0.717, 1.165) is 10.6 Å². The fraction of sp³-hybridized carbons (Fsp3) is 0.500. The molecule has 1 heterocycles. The van der Waals surface area contributed by atoms with Gasteiger partial charge in [0.15, 0.2) is 11.5 Å². The van der Waals surface area contributed by atoms with Crippen molar-refractivity contribution in [2.24, 2.45) is 11.8 Å². The fourth-order valence-electron chi connectivity index (χ4n) is 2.45. The molecule has 1 amide bonds. The summed E-state index contributed by atoms with van der Waals surface area (Å²) in [5, 5.41) is 0.968. The normalized spacial score (nSPS) is 17.6. The third-order valence-corrected chi connectivity index (χ3v) is 3.50. The van der Waals surface area contributed by atoms with Crippen molar-refractivity contribution in [3.8, 4) is 11.5 Å². The fourth-order valence-corrected chi connectivity index (χ4v) is 2.45. The number of hydrogen-bond acceptors (Lipinski definition) is 6. The van der Waals surface area contributed by atoms with E-state index in [1.165, 1.54) is 14.2 Å². The van der Waals surface area contributed by atoms with Gasteiger partial charge in [0, 0.05) is 6.07 Å². The first kappa shape index (κ1) is 17.1. The Kier molecular flexibility index (Phi) is 4.51. The number of hydrazine groups is 1. The minimum atomic E-state index is -0.968. The van der Waals surface area contributed by atoms with Crippen molar-refractivity contribution in [3.63, 3.8) is 0 Å². The summed E-state index contributed by atoms with van der Waals surface area (Å²) < 4.78 is 15.8. The van der Waals surface area contributed by atoms with Crippen molar-refractivity contribution >= 4 is 17.6 Å². The van der Waals surface area contributed by atoms with Crippen LogP contribution in [0.1, 0.15) is 26.3 Å². The lowest BCUT2D eigenvalue weighted by atomic mass is 9.92. The topological polar surface area (TPSA) is 91.1 Å². The zero-order valence-electron chi connectivity index (χ0n) is 14.0. The largest absolute Gasteiger partial charge is 0.493 e. The molecule has 0 aromatic heterocycles. The van der Waals surface area contributed by atoms with Crippen LogP contribution in [0.15, 0.2) is 12.1 Å². The van der Waals surface area contributed by atoms with E-state index in [1.807, 2.05) is 0 Å². The molecule has 1 aromatic rings. The maximum atomic E-state index is 12.4. The highest BCUT2D eigenvalue weighted by atomic mass is 16.6. The van der Waals surface area contributed by atoms with Gasteiger partial charge in [-0.15, -0.1) is 0 Å². The molecule has 1 aliphatic rings. The average molecular weight is 322 g/mol. The number of nitrogens with zero attached hydrogens (tertiary/aromatic N) is 1. The minimum absolute atomic E-state index is 0.205. The van der Waals surface area contributed by atoms with Gasteiger partial charge in [0.2, 0.25) is 0 Å². The number of anilines is 1. The van der Waals surface area contributed by atoms with E-state index < -0.39 is 23.4 Å². The van der Waals surface area contributed by atoms with Crippen LogP contribution in [0.25, 0.3) is 0 Å². The Morgan fingerprint density at radius 3 is 2.30 bits per heavy atom. The zero-order chi connectivity index (χ0) is 17.4. The second-order valence-corrected chi connectivity index (χ2v) is 6.33. The van der Waals surface area contributed by atoms with E-state index >= 15 is 0 Å². The van der Waals surface area contributed by atoms with Gasteiger partial charge in [-0.1, -0.05) is 0 Å². The van der Waals surface area contributed by atoms with Gasteiger partial charge in [-0.3, -0.25) is 9.59 Å². The number of carbonyl (C=O) groups excluding carboxylic acids is 2. The second-order valence-electron chi connectivity index (χ2n) is 6.33.